The normalized spacial score (nSPS) is 16.5. The van der Waals surface area contributed by atoms with E-state index in [0.29, 0.717) is 36.9 Å². The summed E-state index contributed by atoms with van der Waals surface area (Å²) in [7, 11) is 1.99. The highest BCUT2D eigenvalue weighted by molar-refractivity contribution is 6.15. The molecule has 0 saturated carbocycles. The van der Waals surface area contributed by atoms with Gasteiger partial charge in [-0.15, -0.1) is 0 Å². The van der Waals surface area contributed by atoms with Gasteiger partial charge in [0.2, 0.25) is 5.78 Å². The van der Waals surface area contributed by atoms with Gasteiger partial charge in [-0.3, -0.25) is 9.69 Å². The SMILES string of the molecule is Cn1cc(/C=C2\Oc3c(ccc4c3CN(Cc3ccc(F)cc3)CO4)C2=O)c2ccccc21. The molecule has 33 heavy (non-hydrogen) atoms. The Morgan fingerprint density at radius 1 is 1.06 bits per heavy atom. The Hall–Kier alpha value is -3.90. The fraction of sp³-hybridized carbons (Fsp3) is 0.148. The predicted molar refractivity (Wildman–Crippen MR) is 123 cm³/mol. The van der Waals surface area contributed by atoms with Gasteiger partial charge in [-0.1, -0.05) is 30.3 Å². The third kappa shape index (κ3) is 3.39. The minimum Gasteiger partial charge on any atom is -0.478 e. The standard InChI is InChI=1S/C27H21FN2O3/c1-29-14-18(20-4-2-3-5-23(20)29)12-25-26(31)21-10-11-24-22(27(21)33-25)15-30(16-32-24)13-17-6-8-19(28)9-7-17/h2-12,14H,13,15-16H2,1H3/b25-12-. The van der Waals surface area contributed by atoms with Gasteiger partial charge in [0.15, 0.2) is 5.76 Å². The van der Waals surface area contributed by atoms with Crippen molar-refractivity contribution in [2.75, 3.05) is 6.73 Å². The number of aryl methyl sites for hydroxylation is 1. The van der Waals surface area contributed by atoms with E-state index in [2.05, 4.69) is 4.90 Å². The van der Waals surface area contributed by atoms with Crippen molar-refractivity contribution >= 4 is 22.8 Å². The van der Waals surface area contributed by atoms with Crippen molar-refractivity contribution in [3.63, 3.8) is 0 Å². The predicted octanol–water partition coefficient (Wildman–Crippen LogP) is 5.29. The van der Waals surface area contributed by atoms with Crippen molar-refractivity contribution in [3.05, 3.63) is 101 Å². The lowest BCUT2D eigenvalue weighted by Gasteiger charge is -2.29. The Balaban J connectivity index is 1.31. The molecule has 0 fully saturated rings. The molecular formula is C27H21FN2O3. The number of hydrogen-bond acceptors (Lipinski definition) is 4. The lowest BCUT2D eigenvalue weighted by atomic mass is 10.0. The Labute approximate surface area is 190 Å². The summed E-state index contributed by atoms with van der Waals surface area (Å²) < 4.78 is 27.4. The van der Waals surface area contributed by atoms with E-state index in [4.69, 9.17) is 9.47 Å². The van der Waals surface area contributed by atoms with Gasteiger partial charge in [-0.25, -0.2) is 4.39 Å². The van der Waals surface area contributed by atoms with E-state index in [0.717, 1.165) is 33.3 Å². The lowest BCUT2D eigenvalue weighted by Crippen LogP contribution is -2.31. The van der Waals surface area contributed by atoms with Gasteiger partial charge < -0.3 is 14.0 Å². The minimum atomic E-state index is -0.255. The second kappa shape index (κ2) is 7.60. The zero-order chi connectivity index (χ0) is 22.5. The zero-order valence-electron chi connectivity index (χ0n) is 18.0. The molecule has 6 rings (SSSR count). The van der Waals surface area contributed by atoms with Gasteiger partial charge >= 0.3 is 0 Å². The number of hydrogen-bond donors (Lipinski definition) is 0. The number of aromatic nitrogens is 1. The fourth-order valence-corrected chi connectivity index (χ4v) is 4.58. The first-order chi connectivity index (χ1) is 16.1. The molecule has 3 aromatic carbocycles. The van der Waals surface area contributed by atoms with Crippen molar-refractivity contribution in [1.29, 1.82) is 0 Å². The molecule has 0 aliphatic carbocycles. The molecule has 0 bridgehead atoms. The molecule has 0 amide bonds. The number of benzene rings is 3. The van der Waals surface area contributed by atoms with E-state index < -0.39 is 0 Å². The van der Waals surface area contributed by atoms with E-state index in [9.17, 15) is 9.18 Å². The van der Waals surface area contributed by atoms with Crippen LogP contribution < -0.4 is 9.47 Å². The van der Waals surface area contributed by atoms with Crippen LogP contribution in [0.1, 0.15) is 27.0 Å². The number of Topliss-reactive ketones (excluding diaryl/α,β-unsaturated/α-hetero) is 1. The van der Waals surface area contributed by atoms with Crippen LogP contribution in [0, 0.1) is 5.82 Å². The first kappa shape index (κ1) is 19.8. The molecule has 0 saturated heterocycles. The highest BCUT2D eigenvalue weighted by Gasteiger charge is 2.33. The van der Waals surface area contributed by atoms with Crippen LogP contribution in [0.15, 0.2) is 72.6 Å². The number of ether oxygens (including phenoxy) is 2. The van der Waals surface area contributed by atoms with E-state index in [1.807, 2.05) is 54.2 Å². The number of fused-ring (bicyclic) bond motifs is 4. The molecule has 6 heteroatoms. The summed E-state index contributed by atoms with van der Waals surface area (Å²) in [6, 6.07) is 18.1. The Morgan fingerprint density at radius 3 is 2.73 bits per heavy atom. The summed E-state index contributed by atoms with van der Waals surface area (Å²) in [6.07, 6.45) is 3.82. The Kier molecular flexibility index (Phi) is 4.55. The van der Waals surface area contributed by atoms with Crippen molar-refractivity contribution in [3.8, 4) is 11.5 Å². The molecule has 0 spiro atoms. The van der Waals surface area contributed by atoms with Crippen LogP contribution in [0.2, 0.25) is 0 Å². The zero-order valence-corrected chi connectivity index (χ0v) is 18.0. The summed E-state index contributed by atoms with van der Waals surface area (Å²) in [5, 5.41) is 1.07. The highest BCUT2D eigenvalue weighted by Crippen LogP contribution is 2.42. The second-order valence-corrected chi connectivity index (χ2v) is 8.46. The van der Waals surface area contributed by atoms with Crippen molar-refractivity contribution in [1.82, 2.24) is 9.47 Å². The molecule has 164 valence electrons. The molecule has 2 aliphatic rings. The molecule has 5 nitrogen and oxygen atoms in total. The monoisotopic (exact) mass is 440 g/mol. The number of carbonyl (C=O) groups is 1. The largest absolute Gasteiger partial charge is 0.478 e. The molecular weight excluding hydrogens is 419 g/mol. The number of carbonyl (C=O) groups excluding carboxylic acids is 1. The summed E-state index contributed by atoms with van der Waals surface area (Å²) in [4.78, 5) is 15.2. The fourth-order valence-electron chi connectivity index (χ4n) is 4.58. The maximum Gasteiger partial charge on any atom is 0.231 e. The van der Waals surface area contributed by atoms with Crippen LogP contribution in [-0.4, -0.2) is 22.0 Å². The lowest BCUT2D eigenvalue weighted by molar-refractivity contribution is 0.0872. The number of halogens is 1. The van der Waals surface area contributed by atoms with Crippen LogP contribution >= 0.6 is 0 Å². The van der Waals surface area contributed by atoms with E-state index >= 15 is 0 Å². The summed E-state index contributed by atoms with van der Waals surface area (Å²) in [5.74, 6) is 1.21. The minimum absolute atomic E-state index is 0.128. The van der Waals surface area contributed by atoms with Crippen LogP contribution in [0.5, 0.6) is 11.5 Å². The molecule has 4 aromatic rings. The Bertz CT molecular complexity index is 1440. The van der Waals surface area contributed by atoms with Crippen LogP contribution in [0.4, 0.5) is 4.39 Å². The summed E-state index contributed by atoms with van der Waals surface area (Å²) in [6.45, 7) is 1.59. The summed E-state index contributed by atoms with van der Waals surface area (Å²) in [5.41, 5.74) is 4.43. The van der Waals surface area contributed by atoms with Gasteiger partial charge in [0, 0.05) is 42.8 Å². The molecule has 0 atom stereocenters. The number of allylic oxidation sites excluding steroid dienone is 1. The average molecular weight is 440 g/mol. The summed E-state index contributed by atoms with van der Waals surface area (Å²) >= 11 is 0. The number of rotatable bonds is 3. The molecule has 3 heterocycles. The molecule has 0 unspecified atom stereocenters. The third-order valence-corrected chi connectivity index (χ3v) is 6.22. The van der Waals surface area contributed by atoms with Crippen molar-refractivity contribution < 1.29 is 18.7 Å². The van der Waals surface area contributed by atoms with Gasteiger partial charge in [-0.05, 0) is 42.0 Å². The molecule has 2 aliphatic heterocycles. The second-order valence-electron chi connectivity index (χ2n) is 8.46. The Morgan fingerprint density at radius 2 is 1.88 bits per heavy atom. The van der Waals surface area contributed by atoms with E-state index in [1.54, 1.807) is 18.2 Å². The first-order valence-electron chi connectivity index (χ1n) is 10.8. The van der Waals surface area contributed by atoms with Gasteiger partial charge in [0.1, 0.15) is 24.0 Å². The van der Waals surface area contributed by atoms with Crippen molar-refractivity contribution in [2.24, 2.45) is 7.05 Å². The number of nitrogens with zero attached hydrogens (tertiary/aromatic N) is 2. The maximum absolute atomic E-state index is 13.2. The number of para-hydroxylation sites is 1. The van der Waals surface area contributed by atoms with Crippen LogP contribution in [-0.2, 0) is 20.1 Å². The van der Waals surface area contributed by atoms with Gasteiger partial charge in [0.05, 0.1) is 11.1 Å². The van der Waals surface area contributed by atoms with Gasteiger partial charge in [0.25, 0.3) is 0 Å². The smallest absolute Gasteiger partial charge is 0.231 e. The van der Waals surface area contributed by atoms with Crippen molar-refractivity contribution in [2.45, 2.75) is 13.1 Å². The quantitative estimate of drug-likeness (QED) is 0.406. The number of ketones is 1. The average Bonchev–Trinajstić information content (AvgIpc) is 3.32. The van der Waals surface area contributed by atoms with Crippen LogP contribution in [0.3, 0.4) is 0 Å². The van der Waals surface area contributed by atoms with E-state index in [-0.39, 0.29) is 11.6 Å². The molecule has 0 radical (unpaired) electrons. The van der Waals surface area contributed by atoms with E-state index in [1.165, 1.54) is 12.1 Å². The van der Waals surface area contributed by atoms with Gasteiger partial charge in [-0.2, -0.15) is 0 Å². The topological polar surface area (TPSA) is 43.7 Å². The maximum atomic E-state index is 13.2. The molecule has 0 N–H and O–H groups in total. The first-order valence-corrected chi connectivity index (χ1v) is 10.8. The highest BCUT2D eigenvalue weighted by atomic mass is 19.1. The van der Waals surface area contributed by atoms with Crippen LogP contribution in [0.25, 0.3) is 17.0 Å². The third-order valence-electron chi connectivity index (χ3n) is 6.22. The molecule has 1 aromatic heterocycles.